The lowest BCUT2D eigenvalue weighted by Crippen LogP contribution is -2.32. The standard InChI is InChI=1S/C16H13I2NO6/c17-10-3-7(5-12(19)16(23)24)4-11(18)14(10)25-8-1-2-13(20)9(6-8)15(21)22/h1-4,6,12,20H,5,19H2,(H,21,22)(H,23,24)/t12-/m0/s1. The normalized spacial score (nSPS) is 11.8. The van der Waals surface area contributed by atoms with E-state index in [2.05, 4.69) is 0 Å². The first-order valence-electron chi connectivity index (χ1n) is 6.89. The van der Waals surface area contributed by atoms with Gasteiger partial charge in [-0.15, -0.1) is 0 Å². The van der Waals surface area contributed by atoms with Crippen molar-refractivity contribution >= 4 is 57.1 Å². The van der Waals surface area contributed by atoms with Crippen LogP contribution < -0.4 is 10.5 Å². The molecule has 5 N–H and O–H groups in total. The van der Waals surface area contributed by atoms with Gasteiger partial charge in [0.1, 0.15) is 23.1 Å². The number of rotatable bonds is 6. The number of phenols is 1. The van der Waals surface area contributed by atoms with Crippen molar-refractivity contribution in [2.75, 3.05) is 0 Å². The Bertz CT molecular complexity index is 816. The summed E-state index contributed by atoms with van der Waals surface area (Å²) in [6.45, 7) is 0. The van der Waals surface area contributed by atoms with Crippen LogP contribution in [0.1, 0.15) is 15.9 Å². The van der Waals surface area contributed by atoms with Gasteiger partial charge < -0.3 is 25.8 Å². The van der Waals surface area contributed by atoms with Crippen molar-refractivity contribution in [1.82, 2.24) is 0 Å². The van der Waals surface area contributed by atoms with Crippen molar-refractivity contribution < 1.29 is 29.6 Å². The summed E-state index contributed by atoms with van der Waals surface area (Å²) in [6.07, 6.45) is 0.185. The van der Waals surface area contributed by atoms with Crippen molar-refractivity contribution in [3.63, 3.8) is 0 Å². The van der Waals surface area contributed by atoms with E-state index in [1.54, 1.807) is 12.1 Å². The molecule has 0 bridgehead atoms. The van der Waals surface area contributed by atoms with E-state index in [-0.39, 0.29) is 23.5 Å². The molecule has 0 aliphatic rings. The second kappa shape index (κ2) is 8.19. The highest BCUT2D eigenvalue weighted by molar-refractivity contribution is 14.1. The van der Waals surface area contributed by atoms with Crippen molar-refractivity contribution in [2.24, 2.45) is 5.73 Å². The SMILES string of the molecule is N[C@@H](Cc1cc(I)c(Oc2ccc(O)c(C(=O)O)c2)c(I)c1)C(=O)O. The molecule has 0 saturated carbocycles. The fourth-order valence-corrected chi connectivity index (χ4v) is 4.15. The Morgan fingerprint density at radius 1 is 1.12 bits per heavy atom. The fraction of sp³-hybridized carbons (Fsp3) is 0.125. The van der Waals surface area contributed by atoms with Gasteiger partial charge in [0, 0.05) is 0 Å². The summed E-state index contributed by atoms with van der Waals surface area (Å²) in [6, 6.07) is 6.48. The number of carboxylic acid groups (broad SMARTS) is 2. The molecule has 0 fully saturated rings. The lowest BCUT2D eigenvalue weighted by Gasteiger charge is -2.14. The van der Waals surface area contributed by atoms with E-state index in [1.807, 2.05) is 45.2 Å². The molecule has 0 amide bonds. The first kappa shape index (κ1) is 19.7. The van der Waals surface area contributed by atoms with Gasteiger partial charge in [-0.3, -0.25) is 4.79 Å². The van der Waals surface area contributed by atoms with Crippen molar-refractivity contribution in [3.8, 4) is 17.2 Å². The molecule has 2 aromatic rings. The van der Waals surface area contributed by atoms with Crippen LogP contribution in [0.3, 0.4) is 0 Å². The molecule has 0 aromatic heterocycles. The molecule has 0 radical (unpaired) electrons. The van der Waals surface area contributed by atoms with Crippen LogP contribution in [0.4, 0.5) is 0 Å². The Labute approximate surface area is 170 Å². The van der Waals surface area contributed by atoms with E-state index in [9.17, 15) is 14.7 Å². The third-order valence-corrected chi connectivity index (χ3v) is 4.85. The zero-order valence-corrected chi connectivity index (χ0v) is 16.9. The lowest BCUT2D eigenvalue weighted by molar-refractivity contribution is -0.138. The zero-order valence-electron chi connectivity index (χ0n) is 12.6. The highest BCUT2D eigenvalue weighted by Gasteiger charge is 2.17. The number of hydrogen-bond donors (Lipinski definition) is 4. The number of aromatic hydroxyl groups is 1. The average Bonchev–Trinajstić information content (AvgIpc) is 2.52. The van der Waals surface area contributed by atoms with Crippen LogP contribution in [0, 0.1) is 7.14 Å². The van der Waals surface area contributed by atoms with E-state index in [1.165, 1.54) is 18.2 Å². The minimum Gasteiger partial charge on any atom is -0.507 e. The molecule has 0 unspecified atom stereocenters. The third kappa shape index (κ3) is 4.95. The van der Waals surface area contributed by atoms with Gasteiger partial charge in [-0.25, -0.2) is 4.79 Å². The smallest absolute Gasteiger partial charge is 0.339 e. The molecule has 2 aromatic carbocycles. The zero-order chi connectivity index (χ0) is 18.7. The summed E-state index contributed by atoms with van der Waals surface area (Å²) in [7, 11) is 0. The number of carbonyl (C=O) groups is 2. The highest BCUT2D eigenvalue weighted by atomic mass is 127. The van der Waals surface area contributed by atoms with Crippen molar-refractivity contribution in [1.29, 1.82) is 0 Å². The fourth-order valence-electron chi connectivity index (χ4n) is 2.04. The summed E-state index contributed by atoms with van der Waals surface area (Å²) < 4.78 is 7.20. The predicted octanol–water partition coefficient (Wildman–Crippen LogP) is 3.05. The molecule has 7 nitrogen and oxygen atoms in total. The van der Waals surface area contributed by atoms with Crippen LogP contribution in [-0.2, 0) is 11.2 Å². The molecule has 25 heavy (non-hydrogen) atoms. The van der Waals surface area contributed by atoms with E-state index < -0.39 is 18.0 Å². The van der Waals surface area contributed by atoms with Crippen LogP contribution in [0.2, 0.25) is 0 Å². The average molecular weight is 569 g/mol. The molecule has 0 aliphatic heterocycles. The Balaban J connectivity index is 2.30. The number of halogens is 2. The molecular formula is C16H13I2NO6. The van der Waals surface area contributed by atoms with Crippen LogP contribution in [0.25, 0.3) is 0 Å². The van der Waals surface area contributed by atoms with Gasteiger partial charge in [0.15, 0.2) is 5.75 Å². The lowest BCUT2D eigenvalue weighted by atomic mass is 10.1. The van der Waals surface area contributed by atoms with Crippen LogP contribution >= 0.6 is 45.2 Å². The van der Waals surface area contributed by atoms with E-state index in [0.717, 1.165) is 12.7 Å². The summed E-state index contributed by atoms with van der Waals surface area (Å²) >= 11 is 4.10. The van der Waals surface area contributed by atoms with E-state index in [0.29, 0.717) is 5.75 Å². The first-order valence-corrected chi connectivity index (χ1v) is 9.05. The molecule has 9 heteroatoms. The monoisotopic (exact) mass is 569 g/mol. The van der Waals surface area contributed by atoms with Crippen molar-refractivity contribution in [2.45, 2.75) is 12.5 Å². The topological polar surface area (TPSA) is 130 Å². The Hall–Kier alpha value is -1.60. The molecule has 0 aliphatic carbocycles. The Morgan fingerprint density at radius 3 is 2.24 bits per heavy atom. The van der Waals surface area contributed by atoms with Crippen LogP contribution in [0.15, 0.2) is 30.3 Å². The maximum atomic E-state index is 11.1. The van der Waals surface area contributed by atoms with Gasteiger partial charge in [-0.05, 0) is 87.5 Å². The minimum atomic E-state index is -1.26. The Kier molecular flexibility index (Phi) is 6.46. The van der Waals surface area contributed by atoms with E-state index >= 15 is 0 Å². The summed E-state index contributed by atoms with van der Waals surface area (Å²) in [5.74, 6) is -1.90. The van der Waals surface area contributed by atoms with Gasteiger partial charge in [-0.1, -0.05) is 0 Å². The molecule has 2 rings (SSSR count). The van der Waals surface area contributed by atoms with Gasteiger partial charge >= 0.3 is 11.9 Å². The number of carboxylic acids is 2. The molecule has 0 saturated heterocycles. The van der Waals surface area contributed by atoms with Crippen LogP contribution in [0.5, 0.6) is 17.2 Å². The van der Waals surface area contributed by atoms with Gasteiger partial charge in [-0.2, -0.15) is 0 Å². The quantitative estimate of drug-likeness (QED) is 0.394. The minimum absolute atomic E-state index is 0.185. The van der Waals surface area contributed by atoms with Gasteiger partial charge in [0.25, 0.3) is 0 Å². The number of nitrogens with two attached hydrogens (primary N) is 1. The second-order valence-corrected chi connectivity index (χ2v) is 7.45. The maximum absolute atomic E-state index is 11.1. The number of benzene rings is 2. The van der Waals surface area contributed by atoms with Crippen LogP contribution in [-0.4, -0.2) is 33.3 Å². The number of aromatic carboxylic acids is 1. The van der Waals surface area contributed by atoms with E-state index in [4.69, 9.17) is 20.7 Å². The van der Waals surface area contributed by atoms with Gasteiger partial charge in [0.2, 0.25) is 0 Å². The molecule has 1 atom stereocenters. The number of hydrogen-bond acceptors (Lipinski definition) is 5. The molecular weight excluding hydrogens is 556 g/mol. The summed E-state index contributed by atoms with van der Waals surface area (Å²) in [5.41, 5.74) is 6.05. The maximum Gasteiger partial charge on any atom is 0.339 e. The predicted molar refractivity (Wildman–Crippen MR) is 106 cm³/mol. The van der Waals surface area contributed by atoms with Crippen molar-refractivity contribution in [3.05, 3.63) is 48.6 Å². The number of aliphatic carboxylic acids is 1. The second-order valence-electron chi connectivity index (χ2n) is 5.12. The summed E-state index contributed by atoms with van der Waals surface area (Å²) in [4.78, 5) is 22.0. The summed E-state index contributed by atoms with van der Waals surface area (Å²) in [5, 5.41) is 27.5. The number of ether oxygens (including phenoxy) is 1. The molecule has 132 valence electrons. The van der Waals surface area contributed by atoms with Gasteiger partial charge in [0.05, 0.1) is 7.14 Å². The first-order chi connectivity index (χ1) is 11.7. The third-order valence-electron chi connectivity index (χ3n) is 3.25. The highest BCUT2D eigenvalue weighted by Crippen LogP contribution is 2.34. The largest absolute Gasteiger partial charge is 0.507 e. The molecule has 0 heterocycles. The Morgan fingerprint density at radius 2 is 1.72 bits per heavy atom. The molecule has 0 spiro atoms.